The van der Waals surface area contributed by atoms with E-state index < -0.39 is 24.7 Å². The number of nitrogens with one attached hydrogen (secondary N) is 1. The summed E-state index contributed by atoms with van der Waals surface area (Å²) in [5.74, 6) is -0.883. The van der Waals surface area contributed by atoms with E-state index in [0.29, 0.717) is 24.2 Å². The molecule has 0 aromatic rings. The standard InChI is InChI=1S/C11H19F3N2O3/c1-2-16(8-11(12,13)14)10(19)15-7-5-3-4-6-9(17)18/h2-8H2,1H3,(H,15,19)(H,17,18). The van der Waals surface area contributed by atoms with Crippen molar-refractivity contribution >= 4 is 12.0 Å². The lowest BCUT2D eigenvalue weighted by molar-refractivity contribution is -0.139. The number of halogens is 3. The molecule has 2 N–H and O–H groups in total. The van der Waals surface area contributed by atoms with E-state index in [1.54, 1.807) is 0 Å². The zero-order valence-corrected chi connectivity index (χ0v) is 10.8. The minimum atomic E-state index is -4.41. The Kier molecular flexibility index (Phi) is 7.94. The van der Waals surface area contributed by atoms with E-state index in [4.69, 9.17) is 5.11 Å². The van der Waals surface area contributed by atoms with Crippen molar-refractivity contribution in [3.05, 3.63) is 0 Å². The molecule has 0 fully saturated rings. The predicted molar refractivity (Wildman–Crippen MR) is 62.8 cm³/mol. The molecule has 0 aromatic heterocycles. The number of hydrogen-bond acceptors (Lipinski definition) is 2. The van der Waals surface area contributed by atoms with Crippen molar-refractivity contribution in [1.82, 2.24) is 10.2 Å². The maximum atomic E-state index is 12.1. The maximum Gasteiger partial charge on any atom is 0.406 e. The summed E-state index contributed by atoms with van der Waals surface area (Å²) in [6.07, 6.45) is -2.70. The fraction of sp³-hybridized carbons (Fsp3) is 0.818. The van der Waals surface area contributed by atoms with E-state index in [-0.39, 0.29) is 19.5 Å². The predicted octanol–water partition coefficient (Wildman–Crippen LogP) is 2.23. The van der Waals surface area contributed by atoms with Gasteiger partial charge in [-0.2, -0.15) is 13.2 Å². The van der Waals surface area contributed by atoms with Crippen molar-refractivity contribution < 1.29 is 27.9 Å². The van der Waals surface area contributed by atoms with Crippen molar-refractivity contribution in [2.75, 3.05) is 19.6 Å². The molecule has 8 heteroatoms. The summed E-state index contributed by atoms with van der Waals surface area (Å²) in [5.41, 5.74) is 0. The number of carbonyl (C=O) groups is 2. The molecule has 0 rings (SSSR count). The second kappa shape index (κ2) is 8.60. The van der Waals surface area contributed by atoms with Crippen LogP contribution in [0.4, 0.5) is 18.0 Å². The van der Waals surface area contributed by atoms with E-state index in [1.807, 2.05) is 0 Å². The van der Waals surface area contributed by atoms with Gasteiger partial charge in [-0.25, -0.2) is 4.79 Å². The highest BCUT2D eigenvalue weighted by Gasteiger charge is 2.32. The molecule has 0 saturated carbocycles. The zero-order valence-electron chi connectivity index (χ0n) is 10.8. The van der Waals surface area contributed by atoms with Gasteiger partial charge in [0.15, 0.2) is 0 Å². The highest BCUT2D eigenvalue weighted by molar-refractivity contribution is 5.74. The molecular weight excluding hydrogens is 265 g/mol. The smallest absolute Gasteiger partial charge is 0.406 e. The number of rotatable bonds is 8. The van der Waals surface area contributed by atoms with Gasteiger partial charge in [0, 0.05) is 19.5 Å². The molecule has 0 spiro atoms. The molecule has 2 amide bonds. The van der Waals surface area contributed by atoms with Gasteiger partial charge in [0.05, 0.1) is 0 Å². The van der Waals surface area contributed by atoms with Gasteiger partial charge in [0.2, 0.25) is 0 Å². The molecule has 0 aliphatic heterocycles. The third-order valence-corrected chi connectivity index (χ3v) is 2.38. The highest BCUT2D eigenvalue weighted by Crippen LogP contribution is 2.16. The van der Waals surface area contributed by atoms with Gasteiger partial charge in [-0.1, -0.05) is 6.42 Å². The second-order valence-electron chi connectivity index (χ2n) is 4.07. The topological polar surface area (TPSA) is 69.6 Å². The number of carboxylic acids is 1. The molecule has 0 aliphatic carbocycles. The van der Waals surface area contributed by atoms with Gasteiger partial charge in [0.1, 0.15) is 6.54 Å². The third-order valence-electron chi connectivity index (χ3n) is 2.38. The van der Waals surface area contributed by atoms with Crippen molar-refractivity contribution in [2.24, 2.45) is 0 Å². The van der Waals surface area contributed by atoms with E-state index in [2.05, 4.69) is 5.32 Å². The van der Waals surface area contributed by atoms with Crippen LogP contribution in [0.3, 0.4) is 0 Å². The van der Waals surface area contributed by atoms with Crippen LogP contribution < -0.4 is 5.32 Å². The van der Waals surface area contributed by atoms with Crippen LogP contribution in [0.1, 0.15) is 32.6 Å². The number of urea groups is 1. The summed E-state index contributed by atoms with van der Waals surface area (Å²) in [5, 5.41) is 10.8. The quantitative estimate of drug-likeness (QED) is 0.671. The lowest BCUT2D eigenvalue weighted by Gasteiger charge is -2.22. The summed E-state index contributed by atoms with van der Waals surface area (Å²) in [7, 11) is 0. The van der Waals surface area contributed by atoms with Gasteiger partial charge in [-0.15, -0.1) is 0 Å². The average molecular weight is 284 g/mol. The highest BCUT2D eigenvalue weighted by atomic mass is 19.4. The van der Waals surface area contributed by atoms with Crippen LogP contribution in [0.5, 0.6) is 0 Å². The number of amides is 2. The van der Waals surface area contributed by atoms with E-state index in [1.165, 1.54) is 6.92 Å². The Morgan fingerprint density at radius 2 is 1.84 bits per heavy atom. The maximum absolute atomic E-state index is 12.1. The van der Waals surface area contributed by atoms with E-state index in [0.717, 1.165) is 0 Å². The number of alkyl halides is 3. The molecule has 0 bridgehead atoms. The summed E-state index contributed by atoms with van der Waals surface area (Å²) in [4.78, 5) is 22.3. The molecule has 0 atom stereocenters. The average Bonchev–Trinajstić information content (AvgIpc) is 2.28. The molecule has 0 aliphatic rings. The van der Waals surface area contributed by atoms with Crippen LogP contribution in [-0.4, -0.2) is 47.8 Å². The van der Waals surface area contributed by atoms with Crippen LogP contribution >= 0.6 is 0 Å². The van der Waals surface area contributed by atoms with Gasteiger partial charge in [-0.05, 0) is 19.8 Å². The van der Waals surface area contributed by atoms with Crippen LogP contribution in [0.25, 0.3) is 0 Å². The number of nitrogens with zero attached hydrogens (tertiary/aromatic N) is 1. The van der Waals surface area contributed by atoms with Crippen LogP contribution in [0.15, 0.2) is 0 Å². The number of unbranched alkanes of at least 4 members (excludes halogenated alkanes) is 2. The van der Waals surface area contributed by atoms with Crippen molar-refractivity contribution in [1.29, 1.82) is 0 Å². The minimum absolute atomic E-state index is 0.0235. The Balaban J connectivity index is 3.80. The van der Waals surface area contributed by atoms with Gasteiger partial charge < -0.3 is 15.3 Å². The summed E-state index contributed by atoms with van der Waals surface area (Å²) in [6.45, 7) is 0.420. The molecule has 5 nitrogen and oxygen atoms in total. The van der Waals surface area contributed by atoms with Gasteiger partial charge in [0.25, 0.3) is 0 Å². The molecule has 0 aromatic carbocycles. The van der Waals surface area contributed by atoms with Crippen LogP contribution in [0, 0.1) is 0 Å². The fourth-order valence-corrected chi connectivity index (χ4v) is 1.43. The summed E-state index contributed by atoms with van der Waals surface area (Å²) in [6, 6.07) is -0.752. The van der Waals surface area contributed by atoms with Crippen molar-refractivity contribution in [3.8, 4) is 0 Å². The molecule has 112 valence electrons. The lowest BCUT2D eigenvalue weighted by Crippen LogP contribution is -2.44. The SMILES string of the molecule is CCN(CC(F)(F)F)C(=O)NCCCCCC(=O)O. The largest absolute Gasteiger partial charge is 0.481 e. The first-order valence-corrected chi connectivity index (χ1v) is 6.07. The van der Waals surface area contributed by atoms with Crippen LogP contribution in [-0.2, 0) is 4.79 Å². The van der Waals surface area contributed by atoms with Crippen LogP contribution in [0.2, 0.25) is 0 Å². The van der Waals surface area contributed by atoms with E-state index in [9.17, 15) is 22.8 Å². The van der Waals surface area contributed by atoms with Gasteiger partial charge in [-0.3, -0.25) is 4.79 Å². The lowest BCUT2D eigenvalue weighted by atomic mass is 10.2. The number of aliphatic carboxylic acids is 1. The number of carboxylic acid groups (broad SMARTS) is 1. The number of hydrogen-bond donors (Lipinski definition) is 2. The first-order chi connectivity index (χ1) is 8.76. The van der Waals surface area contributed by atoms with Crippen molar-refractivity contribution in [2.45, 2.75) is 38.8 Å². The Morgan fingerprint density at radius 3 is 2.32 bits per heavy atom. The minimum Gasteiger partial charge on any atom is -0.481 e. The molecular formula is C11H19F3N2O3. The monoisotopic (exact) mass is 284 g/mol. The summed E-state index contributed by atoms with van der Waals surface area (Å²) < 4.78 is 36.4. The fourth-order valence-electron chi connectivity index (χ4n) is 1.43. The van der Waals surface area contributed by atoms with Gasteiger partial charge >= 0.3 is 18.2 Å². The number of carbonyl (C=O) groups excluding carboxylic acids is 1. The molecule has 0 unspecified atom stereocenters. The normalized spacial score (nSPS) is 11.2. The molecule has 0 radical (unpaired) electrons. The Bertz CT molecular complexity index is 295. The Morgan fingerprint density at radius 1 is 1.21 bits per heavy atom. The molecule has 0 saturated heterocycles. The Labute approximate surface area is 109 Å². The zero-order chi connectivity index (χ0) is 14.9. The molecule has 0 heterocycles. The molecule has 19 heavy (non-hydrogen) atoms. The van der Waals surface area contributed by atoms with Crippen molar-refractivity contribution in [3.63, 3.8) is 0 Å². The first kappa shape index (κ1) is 17.5. The second-order valence-corrected chi connectivity index (χ2v) is 4.07. The third kappa shape index (κ3) is 10.2. The van der Waals surface area contributed by atoms with E-state index >= 15 is 0 Å². The first-order valence-electron chi connectivity index (χ1n) is 6.07. The Hall–Kier alpha value is -1.47. The summed E-state index contributed by atoms with van der Waals surface area (Å²) >= 11 is 0.